The van der Waals surface area contributed by atoms with Crippen LogP contribution in [0.4, 0.5) is 5.69 Å². The van der Waals surface area contributed by atoms with Gasteiger partial charge >= 0.3 is 0 Å². The van der Waals surface area contributed by atoms with Gasteiger partial charge in [0, 0.05) is 19.2 Å². The van der Waals surface area contributed by atoms with Crippen molar-refractivity contribution in [2.24, 2.45) is 10.9 Å². The molecule has 0 spiro atoms. The Morgan fingerprint density at radius 3 is 2.58 bits per heavy atom. The number of rotatable bonds is 6. The number of hydrogen-bond acceptors (Lipinski definition) is 4. The van der Waals surface area contributed by atoms with E-state index in [-0.39, 0.29) is 11.0 Å². The van der Waals surface area contributed by atoms with E-state index < -0.39 is 11.8 Å². The fourth-order valence-electron chi connectivity index (χ4n) is 2.36. The normalized spacial score (nSPS) is 18.6. The fourth-order valence-corrected chi connectivity index (χ4v) is 2.66. The van der Waals surface area contributed by atoms with E-state index >= 15 is 0 Å². The monoisotopic (exact) mass is 347 g/mol. The van der Waals surface area contributed by atoms with Crippen LogP contribution in [0.15, 0.2) is 29.3 Å². The smallest absolute Gasteiger partial charge is 0.251 e. The average Bonchev–Trinajstić information content (AvgIpc) is 2.51. The van der Waals surface area contributed by atoms with Crippen LogP contribution in [0.2, 0.25) is 0 Å². The Hall–Kier alpha value is -2.12. The van der Waals surface area contributed by atoms with Gasteiger partial charge in [0.25, 0.3) is 5.91 Å². The van der Waals surface area contributed by atoms with Crippen LogP contribution in [0, 0.1) is 12.8 Å². The van der Waals surface area contributed by atoms with Gasteiger partial charge in [0.05, 0.1) is 26.3 Å². The standard InChI is InChI=1S/C17H22N4O2S/c1-12-5-7-13(8-6-12)21-16(23)14(15(22)19-17(21)24)11-18-9-4-10-20(2)3/h5-8,11,14H,4,9-10H2,1-3H3,(H,19,22,24)/p+1/t14-/m1/s1. The summed E-state index contributed by atoms with van der Waals surface area (Å²) in [5.41, 5.74) is 1.73. The van der Waals surface area contributed by atoms with E-state index in [4.69, 9.17) is 12.2 Å². The van der Waals surface area contributed by atoms with Gasteiger partial charge in [-0.15, -0.1) is 0 Å². The lowest BCUT2D eigenvalue weighted by atomic mass is 10.1. The first kappa shape index (κ1) is 18.2. The highest BCUT2D eigenvalue weighted by atomic mass is 32.1. The highest BCUT2D eigenvalue weighted by Crippen LogP contribution is 2.20. The Kier molecular flexibility index (Phi) is 6.16. The molecule has 0 bridgehead atoms. The number of quaternary nitrogens is 1. The van der Waals surface area contributed by atoms with Crippen molar-refractivity contribution in [3.8, 4) is 0 Å². The van der Waals surface area contributed by atoms with Crippen molar-refractivity contribution in [1.82, 2.24) is 5.32 Å². The molecule has 1 aromatic carbocycles. The maximum absolute atomic E-state index is 12.7. The maximum atomic E-state index is 12.7. The molecule has 0 saturated carbocycles. The minimum atomic E-state index is -0.940. The van der Waals surface area contributed by atoms with Crippen molar-refractivity contribution in [3.05, 3.63) is 29.8 Å². The number of hydrogen-bond donors (Lipinski definition) is 2. The van der Waals surface area contributed by atoms with Crippen LogP contribution in [0.3, 0.4) is 0 Å². The number of aliphatic imine (C=N–C) groups is 1. The predicted octanol–water partition coefficient (Wildman–Crippen LogP) is -0.0357. The molecular weight excluding hydrogens is 324 g/mol. The van der Waals surface area contributed by atoms with Crippen molar-refractivity contribution in [2.45, 2.75) is 13.3 Å². The third-order valence-corrected chi connectivity index (χ3v) is 4.00. The first-order valence-electron chi connectivity index (χ1n) is 7.94. The minimum absolute atomic E-state index is 0.106. The van der Waals surface area contributed by atoms with Gasteiger partial charge in [-0.3, -0.25) is 19.5 Å². The number of aryl methyl sites for hydroxylation is 1. The third-order valence-electron chi connectivity index (χ3n) is 3.71. The van der Waals surface area contributed by atoms with Crippen LogP contribution in [0.1, 0.15) is 12.0 Å². The molecule has 2 N–H and O–H groups in total. The molecule has 1 aromatic rings. The molecule has 0 aromatic heterocycles. The fraction of sp³-hybridized carbons (Fsp3) is 0.412. The Balaban J connectivity index is 2.10. The van der Waals surface area contributed by atoms with E-state index in [1.807, 2.05) is 31.2 Å². The molecule has 2 amide bonds. The van der Waals surface area contributed by atoms with Gasteiger partial charge in [-0.05, 0) is 31.3 Å². The summed E-state index contributed by atoms with van der Waals surface area (Å²) in [6.45, 7) is 3.55. The molecule has 0 unspecified atom stereocenters. The predicted molar refractivity (Wildman–Crippen MR) is 98.5 cm³/mol. The van der Waals surface area contributed by atoms with Crippen LogP contribution in [0.5, 0.6) is 0 Å². The molecule has 128 valence electrons. The zero-order valence-electron chi connectivity index (χ0n) is 14.2. The molecule has 1 saturated heterocycles. The van der Waals surface area contributed by atoms with Gasteiger partial charge in [0.2, 0.25) is 5.91 Å². The summed E-state index contributed by atoms with van der Waals surface area (Å²) in [7, 11) is 4.14. The molecule has 1 heterocycles. The summed E-state index contributed by atoms with van der Waals surface area (Å²) >= 11 is 5.16. The first-order chi connectivity index (χ1) is 11.4. The molecule has 1 aliphatic heterocycles. The molecule has 1 atom stereocenters. The molecule has 7 heteroatoms. The van der Waals surface area contributed by atoms with E-state index in [1.165, 1.54) is 16.0 Å². The lowest BCUT2D eigenvalue weighted by Crippen LogP contribution is -3.05. The van der Waals surface area contributed by atoms with Crippen molar-refractivity contribution < 1.29 is 14.5 Å². The number of amides is 2. The SMILES string of the molecule is Cc1ccc(N2C(=O)[C@H](C=NCCC[NH+](C)C)C(=O)NC2=S)cc1. The Bertz CT molecular complexity index is 655. The van der Waals surface area contributed by atoms with Crippen LogP contribution in [0.25, 0.3) is 0 Å². The van der Waals surface area contributed by atoms with Gasteiger partial charge in [0.1, 0.15) is 0 Å². The summed E-state index contributed by atoms with van der Waals surface area (Å²) in [4.78, 5) is 31.7. The van der Waals surface area contributed by atoms with Gasteiger partial charge in [-0.1, -0.05) is 17.7 Å². The zero-order valence-corrected chi connectivity index (χ0v) is 15.0. The summed E-state index contributed by atoms with van der Waals surface area (Å²) in [6, 6.07) is 7.42. The van der Waals surface area contributed by atoms with Crippen molar-refractivity contribution in [2.75, 3.05) is 32.1 Å². The Labute approximate surface area is 147 Å². The number of nitrogens with one attached hydrogen (secondary N) is 2. The Morgan fingerprint density at radius 1 is 1.29 bits per heavy atom. The lowest BCUT2D eigenvalue weighted by Gasteiger charge is -2.31. The van der Waals surface area contributed by atoms with Crippen molar-refractivity contribution in [1.29, 1.82) is 0 Å². The number of thiocarbonyl (C=S) groups is 1. The molecule has 6 nitrogen and oxygen atoms in total. The van der Waals surface area contributed by atoms with Crippen molar-refractivity contribution >= 4 is 41.0 Å². The van der Waals surface area contributed by atoms with Crippen LogP contribution in [-0.2, 0) is 9.59 Å². The summed E-state index contributed by atoms with van der Waals surface area (Å²) < 4.78 is 0. The second-order valence-electron chi connectivity index (χ2n) is 6.15. The van der Waals surface area contributed by atoms with Gasteiger partial charge in [-0.25, -0.2) is 0 Å². The number of carbonyl (C=O) groups excluding carboxylic acids is 2. The van der Waals surface area contributed by atoms with Crippen LogP contribution in [-0.4, -0.2) is 50.3 Å². The average molecular weight is 347 g/mol. The van der Waals surface area contributed by atoms with Gasteiger partial charge < -0.3 is 10.2 Å². The summed E-state index contributed by atoms with van der Waals surface area (Å²) in [6.07, 6.45) is 2.34. The molecule has 24 heavy (non-hydrogen) atoms. The molecular formula is C17H23N4O2S+. The maximum Gasteiger partial charge on any atom is 0.251 e. The van der Waals surface area contributed by atoms with E-state index in [0.717, 1.165) is 18.5 Å². The number of carbonyl (C=O) groups is 2. The molecule has 1 aliphatic rings. The number of anilines is 1. The summed E-state index contributed by atoms with van der Waals surface area (Å²) in [5.74, 6) is -1.73. The number of nitrogens with zero attached hydrogens (tertiary/aromatic N) is 2. The van der Waals surface area contributed by atoms with E-state index in [2.05, 4.69) is 24.4 Å². The van der Waals surface area contributed by atoms with Crippen LogP contribution < -0.4 is 15.1 Å². The zero-order chi connectivity index (χ0) is 17.7. The largest absolute Gasteiger partial charge is 0.340 e. The second kappa shape index (κ2) is 8.12. The topological polar surface area (TPSA) is 66.2 Å². The summed E-state index contributed by atoms with van der Waals surface area (Å²) in [5, 5.41) is 2.69. The minimum Gasteiger partial charge on any atom is -0.340 e. The van der Waals surface area contributed by atoms with E-state index in [0.29, 0.717) is 12.2 Å². The van der Waals surface area contributed by atoms with Crippen molar-refractivity contribution in [3.63, 3.8) is 0 Å². The molecule has 0 radical (unpaired) electrons. The van der Waals surface area contributed by atoms with E-state index in [1.54, 1.807) is 0 Å². The highest BCUT2D eigenvalue weighted by Gasteiger charge is 2.38. The lowest BCUT2D eigenvalue weighted by molar-refractivity contribution is -0.858. The van der Waals surface area contributed by atoms with Crippen LogP contribution >= 0.6 is 12.2 Å². The first-order valence-corrected chi connectivity index (χ1v) is 8.35. The molecule has 2 rings (SSSR count). The van der Waals surface area contributed by atoms with E-state index in [9.17, 15) is 9.59 Å². The Morgan fingerprint density at radius 2 is 1.96 bits per heavy atom. The molecule has 0 aliphatic carbocycles. The highest BCUT2D eigenvalue weighted by molar-refractivity contribution is 7.80. The van der Waals surface area contributed by atoms with Gasteiger partial charge in [0.15, 0.2) is 11.0 Å². The second-order valence-corrected chi connectivity index (χ2v) is 6.53. The molecule has 1 fully saturated rings. The third kappa shape index (κ3) is 4.46. The number of benzene rings is 1. The van der Waals surface area contributed by atoms with Gasteiger partial charge in [-0.2, -0.15) is 0 Å². The quantitative estimate of drug-likeness (QED) is 0.329.